The van der Waals surface area contributed by atoms with Gasteiger partial charge in [-0.3, -0.25) is 19.7 Å². The first-order valence-corrected chi connectivity index (χ1v) is 12.9. The van der Waals surface area contributed by atoms with Gasteiger partial charge in [0.05, 0.1) is 29.7 Å². The summed E-state index contributed by atoms with van der Waals surface area (Å²) >= 11 is 0. The smallest absolute Gasteiger partial charge is 0.307 e. The number of nitrogens with two attached hydrogens (primary N) is 1. The van der Waals surface area contributed by atoms with Crippen molar-refractivity contribution in [3.63, 3.8) is 0 Å². The van der Waals surface area contributed by atoms with Crippen LogP contribution in [-0.4, -0.2) is 46.2 Å². The van der Waals surface area contributed by atoms with Gasteiger partial charge in [0, 0.05) is 30.1 Å². The molecule has 0 fully saturated rings. The Bertz CT molecular complexity index is 1620. The van der Waals surface area contributed by atoms with Gasteiger partial charge in [0.25, 0.3) is 10.1 Å². The van der Waals surface area contributed by atoms with Gasteiger partial charge in [-0.15, -0.1) is 0 Å². The fraction of sp³-hybridized carbons (Fsp3) is 0.125. The second kappa shape index (κ2) is 12.7. The number of halogens is 2. The van der Waals surface area contributed by atoms with E-state index in [1.165, 1.54) is 25.4 Å². The molecule has 0 aliphatic rings. The number of ether oxygens (including phenoxy) is 2. The third-order valence-electron chi connectivity index (χ3n) is 4.87. The summed E-state index contributed by atoms with van der Waals surface area (Å²) in [5, 5.41) is 13.8. The van der Waals surface area contributed by atoms with Gasteiger partial charge in [-0.2, -0.15) is 17.8 Å². The maximum Gasteiger partial charge on any atom is 0.307 e. The Morgan fingerprint density at radius 1 is 1.10 bits per heavy atom. The van der Waals surface area contributed by atoms with E-state index in [1.807, 2.05) is 0 Å². The van der Waals surface area contributed by atoms with E-state index >= 15 is 0 Å². The van der Waals surface area contributed by atoms with Crippen molar-refractivity contribution >= 4 is 33.3 Å². The topological polar surface area (TPSA) is 193 Å². The zero-order valence-electron chi connectivity index (χ0n) is 20.9. The quantitative estimate of drug-likeness (QED) is 0.154. The maximum absolute atomic E-state index is 14.6. The van der Waals surface area contributed by atoms with Gasteiger partial charge in [-0.05, 0) is 29.8 Å². The normalized spacial score (nSPS) is 10.7. The highest BCUT2D eigenvalue weighted by molar-refractivity contribution is 7.85. The van der Waals surface area contributed by atoms with Crippen molar-refractivity contribution in [3.05, 3.63) is 88.4 Å². The molecule has 2 aromatic heterocycles. The molecule has 0 amide bonds. The SMILES string of the molecule is COc1cc(F)c([N+](=O)[O-])cc1Nc1ncc(-c2ccc(OCc3ccccn3)c(F)c2)c(N)n1.CS(=O)(=O)O. The average Bonchev–Trinajstić information content (AvgIpc) is 2.88. The molecule has 0 unspecified atom stereocenters. The van der Waals surface area contributed by atoms with Crippen LogP contribution in [0.5, 0.6) is 11.5 Å². The van der Waals surface area contributed by atoms with E-state index in [0.29, 0.717) is 23.1 Å². The number of nitro groups is 1. The van der Waals surface area contributed by atoms with Crippen molar-refractivity contribution < 1.29 is 36.1 Å². The number of hydrogen-bond acceptors (Lipinski definition) is 11. The van der Waals surface area contributed by atoms with Crippen LogP contribution in [0.2, 0.25) is 0 Å². The standard InChI is InChI=1S/C23H18F2N6O4.CH4O3S/c1-34-21-9-16(24)19(31(32)33)10-18(21)29-23-28-11-15(22(26)30-23)13-5-6-20(17(25)8-13)35-12-14-4-2-3-7-27-14;1-5(2,3)4/h2-11H,12H2,1H3,(H3,26,28,29,30);1H3,(H,2,3,4). The van der Waals surface area contributed by atoms with Crippen LogP contribution < -0.4 is 20.5 Å². The Hall–Kier alpha value is -4.96. The van der Waals surface area contributed by atoms with Gasteiger partial charge < -0.3 is 20.5 Å². The van der Waals surface area contributed by atoms with Gasteiger partial charge in [-0.25, -0.2) is 9.37 Å². The Morgan fingerprint density at radius 2 is 1.82 bits per heavy atom. The van der Waals surface area contributed by atoms with Crippen molar-refractivity contribution in [1.82, 2.24) is 15.0 Å². The monoisotopic (exact) mass is 576 g/mol. The van der Waals surface area contributed by atoms with Gasteiger partial charge in [0.2, 0.25) is 11.8 Å². The molecule has 0 bridgehead atoms. The number of anilines is 3. The number of nitrogens with one attached hydrogen (secondary N) is 1. The third-order valence-corrected chi connectivity index (χ3v) is 4.87. The number of hydrogen-bond donors (Lipinski definition) is 3. The lowest BCUT2D eigenvalue weighted by Crippen LogP contribution is -2.04. The fourth-order valence-corrected chi connectivity index (χ4v) is 3.17. The van der Waals surface area contributed by atoms with E-state index in [4.69, 9.17) is 19.8 Å². The molecule has 0 atom stereocenters. The van der Waals surface area contributed by atoms with Crippen molar-refractivity contribution in [2.45, 2.75) is 6.61 Å². The first-order valence-electron chi connectivity index (χ1n) is 11.0. The largest absolute Gasteiger partial charge is 0.494 e. The predicted octanol–water partition coefficient (Wildman–Crippen LogP) is 4.14. The molecule has 210 valence electrons. The highest BCUT2D eigenvalue weighted by atomic mass is 32.2. The summed E-state index contributed by atoms with van der Waals surface area (Å²) in [7, 11) is -2.39. The molecule has 0 saturated carbocycles. The molecule has 0 radical (unpaired) electrons. The van der Waals surface area contributed by atoms with Gasteiger partial charge in [-0.1, -0.05) is 12.1 Å². The third kappa shape index (κ3) is 8.27. The van der Waals surface area contributed by atoms with Crippen molar-refractivity contribution in [2.24, 2.45) is 0 Å². The molecule has 2 heterocycles. The van der Waals surface area contributed by atoms with Gasteiger partial charge in [0.1, 0.15) is 18.2 Å². The number of pyridine rings is 1. The Morgan fingerprint density at radius 3 is 2.40 bits per heavy atom. The van der Waals surface area contributed by atoms with E-state index in [-0.39, 0.29) is 35.6 Å². The molecule has 4 aromatic rings. The Balaban J connectivity index is 0.000000810. The number of benzene rings is 2. The molecular formula is C24H22F2N6O7S. The summed E-state index contributed by atoms with van der Waals surface area (Å²) in [6.07, 6.45) is 3.69. The molecule has 13 nitrogen and oxygen atoms in total. The van der Waals surface area contributed by atoms with Crippen molar-refractivity contribution in [1.29, 1.82) is 0 Å². The number of rotatable bonds is 8. The second-order valence-corrected chi connectivity index (χ2v) is 9.33. The Labute approximate surface area is 226 Å². The minimum Gasteiger partial charge on any atom is -0.494 e. The minimum atomic E-state index is -3.67. The van der Waals surface area contributed by atoms with Crippen LogP contribution in [0.4, 0.5) is 31.9 Å². The lowest BCUT2D eigenvalue weighted by atomic mass is 10.1. The molecule has 2 aromatic carbocycles. The minimum absolute atomic E-state index is 0.00251. The molecule has 4 N–H and O–H groups in total. The molecule has 40 heavy (non-hydrogen) atoms. The molecule has 0 aliphatic carbocycles. The molecular weight excluding hydrogens is 554 g/mol. The summed E-state index contributed by atoms with van der Waals surface area (Å²) in [4.78, 5) is 22.6. The van der Waals surface area contributed by atoms with E-state index in [2.05, 4.69) is 20.3 Å². The van der Waals surface area contributed by atoms with E-state index < -0.39 is 32.4 Å². The number of nitro benzene ring substituents is 1. The first-order chi connectivity index (χ1) is 18.9. The highest BCUT2D eigenvalue weighted by Gasteiger charge is 2.20. The van der Waals surface area contributed by atoms with Crippen LogP contribution in [0.25, 0.3) is 11.1 Å². The van der Waals surface area contributed by atoms with Crippen molar-refractivity contribution in [3.8, 4) is 22.6 Å². The maximum atomic E-state index is 14.6. The summed E-state index contributed by atoms with van der Waals surface area (Å²) in [5.74, 6) is -1.63. The lowest BCUT2D eigenvalue weighted by molar-refractivity contribution is -0.387. The van der Waals surface area contributed by atoms with E-state index in [1.54, 1.807) is 30.5 Å². The summed E-state index contributed by atoms with van der Waals surface area (Å²) in [6.45, 7) is 0.105. The highest BCUT2D eigenvalue weighted by Crippen LogP contribution is 2.34. The lowest BCUT2D eigenvalue weighted by Gasteiger charge is -2.12. The van der Waals surface area contributed by atoms with Gasteiger partial charge >= 0.3 is 5.69 Å². The number of nitrogens with zero attached hydrogens (tertiary/aromatic N) is 4. The Kier molecular flexibility index (Phi) is 9.41. The molecule has 0 aliphatic heterocycles. The molecule has 0 saturated heterocycles. The molecule has 16 heteroatoms. The van der Waals surface area contributed by atoms with E-state index in [9.17, 15) is 27.3 Å². The zero-order valence-corrected chi connectivity index (χ0v) is 21.7. The molecule has 0 spiro atoms. The van der Waals surface area contributed by atoms with Crippen LogP contribution in [0.1, 0.15) is 5.69 Å². The van der Waals surface area contributed by atoms with Gasteiger partial charge in [0.15, 0.2) is 11.6 Å². The number of methoxy groups -OCH3 is 1. The summed E-state index contributed by atoms with van der Waals surface area (Å²) in [6, 6.07) is 11.5. The first kappa shape index (κ1) is 29.6. The zero-order chi connectivity index (χ0) is 29.4. The summed E-state index contributed by atoms with van der Waals surface area (Å²) < 4.78 is 64.9. The fourth-order valence-electron chi connectivity index (χ4n) is 3.17. The average molecular weight is 577 g/mol. The van der Waals surface area contributed by atoms with Crippen LogP contribution in [0, 0.1) is 21.7 Å². The number of nitrogen functional groups attached to an aromatic ring is 1. The van der Waals surface area contributed by atoms with E-state index in [0.717, 1.165) is 12.1 Å². The van der Waals surface area contributed by atoms with Crippen LogP contribution in [0.3, 0.4) is 0 Å². The van der Waals surface area contributed by atoms with Crippen LogP contribution in [0.15, 0.2) is 60.9 Å². The predicted molar refractivity (Wildman–Crippen MR) is 141 cm³/mol. The number of aromatic nitrogens is 3. The van der Waals surface area contributed by atoms with Crippen LogP contribution >= 0.6 is 0 Å². The van der Waals surface area contributed by atoms with Crippen LogP contribution in [-0.2, 0) is 16.7 Å². The molecule has 4 rings (SSSR count). The van der Waals surface area contributed by atoms with Crippen molar-refractivity contribution in [2.75, 3.05) is 24.4 Å². The summed E-state index contributed by atoms with van der Waals surface area (Å²) in [5.41, 5.74) is 6.77. The second-order valence-electron chi connectivity index (χ2n) is 7.87.